The summed E-state index contributed by atoms with van der Waals surface area (Å²) in [5.41, 5.74) is 2.14. The standard InChI is InChI=1S/C22H21N5O3/c1-14-18(13-19(28)23-16-9-11-17(30-3)12-10-16)21(29)27-22(26(14)2)24-20(25-27)15-7-5-4-6-8-15/h4-12H,13H2,1-3H3,(H,23,28). The first-order valence-corrected chi connectivity index (χ1v) is 9.42. The van der Waals surface area contributed by atoms with Gasteiger partial charge in [0.25, 0.3) is 5.56 Å². The van der Waals surface area contributed by atoms with Gasteiger partial charge in [-0.2, -0.15) is 9.50 Å². The summed E-state index contributed by atoms with van der Waals surface area (Å²) in [7, 11) is 3.38. The van der Waals surface area contributed by atoms with E-state index in [2.05, 4.69) is 15.4 Å². The molecule has 0 spiro atoms. The number of nitrogens with one attached hydrogen (secondary N) is 1. The zero-order chi connectivity index (χ0) is 21.3. The van der Waals surface area contributed by atoms with Crippen molar-refractivity contribution in [1.29, 1.82) is 0 Å². The molecule has 4 rings (SSSR count). The van der Waals surface area contributed by atoms with E-state index in [9.17, 15) is 9.59 Å². The number of carbonyl (C=O) groups is 1. The topological polar surface area (TPSA) is 90.5 Å². The van der Waals surface area contributed by atoms with Crippen LogP contribution in [0.4, 0.5) is 5.69 Å². The van der Waals surface area contributed by atoms with Crippen LogP contribution in [0, 0.1) is 6.92 Å². The first kappa shape index (κ1) is 19.4. The Kier molecular flexibility index (Phi) is 5.05. The van der Waals surface area contributed by atoms with E-state index in [1.165, 1.54) is 4.52 Å². The van der Waals surface area contributed by atoms with Gasteiger partial charge in [0.2, 0.25) is 11.7 Å². The Labute approximate surface area is 172 Å². The number of hydrogen-bond donors (Lipinski definition) is 1. The third-order valence-corrected chi connectivity index (χ3v) is 5.02. The van der Waals surface area contributed by atoms with Crippen LogP contribution in [0.5, 0.6) is 5.75 Å². The fourth-order valence-corrected chi connectivity index (χ4v) is 3.25. The van der Waals surface area contributed by atoms with Gasteiger partial charge in [-0.05, 0) is 31.2 Å². The molecular formula is C22H21N5O3. The predicted octanol–water partition coefficient (Wildman–Crippen LogP) is 2.59. The zero-order valence-electron chi connectivity index (χ0n) is 16.9. The molecule has 0 aliphatic heterocycles. The summed E-state index contributed by atoms with van der Waals surface area (Å²) in [5.74, 6) is 1.30. The smallest absolute Gasteiger partial charge is 0.279 e. The quantitative estimate of drug-likeness (QED) is 0.553. The van der Waals surface area contributed by atoms with E-state index in [1.54, 1.807) is 49.9 Å². The number of fused-ring (bicyclic) bond motifs is 1. The Bertz CT molecular complexity index is 1270. The van der Waals surface area contributed by atoms with Gasteiger partial charge in [0, 0.05) is 29.6 Å². The van der Waals surface area contributed by atoms with E-state index in [0.29, 0.717) is 34.3 Å². The molecule has 2 heterocycles. The SMILES string of the molecule is COc1ccc(NC(=O)Cc2c(C)n(C)c3nc(-c4ccccc4)nn3c2=O)cc1. The minimum Gasteiger partial charge on any atom is -0.497 e. The summed E-state index contributed by atoms with van der Waals surface area (Å²) >= 11 is 0. The van der Waals surface area contributed by atoms with Crippen molar-refractivity contribution in [2.75, 3.05) is 12.4 Å². The highest BCUT2D eigenvalue weighted by atomic mass is 16.5. The number of methoxy groups -OCH3 is 1. The number of anilines is 1. The summed E-state index contributed by atoms with van der Waals surface area (Å²) in [6.07, 6.45) is -0.0684. The second kappa shape index (κ2) is 7.82. The van der Waals surface area contributed by atoms with Gasteiger partial charge in [0.05, 0.1) is 13.5 Å². The van der Waals surface area contributed by atoms with Gasteiger partial charge < -0.3 is 14.6 Å². The lowest BCUT2D eigenvalue weighted by Gasteiger charge is -2.11. The van der Waals surface area contributed by atoms with E-state index in [4.69, 9.17) is 4.74 Å². The monoisotopic (exact) mass is 403 g/mol. The molecular weight excluding hydrogens is 382 g/mol. The number of rotatable bonds is 5. The van der Waals surface area contributed by atoms with Crippen LogP contribution >= 0.6 is 0 Å². The molecule has 2 aromatic heterocycles. The molecule has 0 fully saturated rings. The average Bonchev–Trinajstić information content (AvgIpc) is 3.22. The third kappa shape index (κ3) is 3.55. The van der Waals surface area contributed by atoms with Crippen molar-refractivity contribution < 1.29 is 9.53 Å². The highest BCUT2D eigenvalue weighted by Crippen LogP contribution is 2.17. The van der Waals surface area contributed by atoms with E-state index < -0.39 is 0 Å². The maximum Gasteiger partial charge on any atom is 0.279 e. The van der Waals surface area contributed by atoms with Crippen molar-refractivity contribution in [3.8, 4) is 17.1 Å². The van der Waals surface area contributed by atoms with Crippen LogP contribution in [0.25, 0.3) is 17.2 Å². The molecule has 0 unspecified atom stereocenters. The van der Waals surface area contributed by atoms with Crippen LogP contribution in [0.3, 0.4) is 0 Å². The maximum absolute atomic E-state index is 13.1. The Morgan fingerprint density at radius 3 is 2.47 bits per heavy atom. The highest BCUT2D eigenvalue weighted by Gasteiger charge is 2.19. The fourth-order valence-electron chi connectivity index (χ4n) is 3.25. The van der Waals surface area contributed by atoms with Crippen LogP contribution in [0.1, 0.15) is 11.3 Å². The first-order valence-electron chi connectivity index (χ1n) is 9.42. The first-order chi connectivity index (χ1) is 14.5. The van der Waals surface area contributed by atoms with Gasteiger partial charge in [0.1, 0.15) is 5.75 Å². The van der Waals surface area contributed by atoms with E-state index in [-0.39, 0.29) is 17.9 Å². The summed E-state index contributed by atoms with van der Waals surface area (Å²) < 4.78 is 8.15. The largest absolute Gasteiger partial charge is 0.497 e. The Morgan fingerprint density at radius 2 is 1.80 bits per heavy atom. The highest BCUT2D eigenvalue weighted by molar-refractivity contribution is 5.92. The van der Waals surface area contributed by atoms with E-state index in [1.807, 2.05) is 30.3 Å². The summed E-state index contributed by atoms with van der Waals surface area (Å²) in [6, 6.07) is 16.5. The molecule has 30 heavy (non-hydrogen) atoms. The van der Waals surface area contributed by atoms with Crippen LogP contribution in [0.15, 0.2) is 59.4 Å². The molecule has 1 amide bonds. The van der Waals surface area contributed by atoms with Crippen molar-refractivity contribution >= 4 is 17.4 Å². The van der Waals surface area contributed by atoms with Crippen molar-refractivity contribution in [1.82, 2.24) is 19.2 Å². The second-order valence-corrected chi connectivity index (χ2v) is 6.89. The van der Waals surface area contributed by atoms with Crippen molar-refractivity contribution in [2.45, 2.75) is 13.3 Å². The molecule has 0 aliphatic carbocycles. The number of amides is 1. The third-order valence-electron chi connectivity index (χ3n) is 5.02. The molecule has 0 aliphatic rings. The summed E-state index contributed by atoms with van der Waals surface area (Å²) in [4.78, 5) is 30.2. The van der Waals surface area contributed by atoms with Gasteiger partial charge in [0.15, 0.2) is 5.82 Å². The van der Waals surface area contributed by atoms with Crippen LogP contribution in [0.2, 0.25) is 0 Å². The molecule has 152 valence electrons. The van der Waals surface area contributed by atoms with Gasteiger partial charge in [-0.25, -0.2) is 0 Å². The lowest BCUT2D eigenvalue weighted by atomic mass is 10.1. The normalized spacial score (nSPS) is 10.9. The van der Waals surface area contributed by atoms with Crippen LogP contribution < -0.4 is 15.6 Å². The molecule has 4 aromatic rings. The second-order valence-electron chi connectivity index (χ2n) is 6.89. The maximum atomic E-state index is 13.1. The molecule has 0 radical (unpaired) electrons. The van der Waals surface area contributed by atoms with Crippen molar-refractivity contribution in [3.63, 3.8) is 0 Å². The predicted molar refractivity (Wildman–Crippen MR) is 114 cm³/mol. The van der Waals surface area contributed by atoms with E-state index >= 15 is 0 Å². The molecule has 1 N–H and O–H groups in total. The van der Waals surface area contributed by atoms with E-state index in [0.717, 1.165) is 5.56 Å². The van der Waals surface area contributed by atoms with Crippen molar-refractivity contribution in [2.24, 2.45) is 7.05 Å². The Balaban J connectivity index is 1.66. The Morgan fingerprint density at radius 1 is 1.10 bits per heavy atom. The molecule has 0 saturated carbocycles. The van der Waals surface area contributed by atoms with Crippen LogP contribution in [-0.2, 0) is 18.3 Å². The molecule has 0 saturated heterocycles. The average molecular weight is 403 g/mol. The van der Waals surface area contributed by atoms with Crippen molar-refractivity contribution in [3.05, 3.63) is 76.2 Å². The minimum atomic E-state index is -0.347. The van der Waals surface area contributed by atoms with Gasteiger partial charge in [-0.15, -0.1) is 5.10 Å². The molecule has 0 atom stereocenters. The molecule has 8 nitrogen and oxygen atoms in total. The zero-order valence-corrected chi connectivity index (χ0v) is 16.9. The molecule has 8 heteroatoms. The fraction of sp³-hybridized carbons (Fsp3) is 0.182. The molecule has 2 aromatic carbocycles. The van der Waals surface area contributed by atoms with Gasteiger partial charge >= 0.3 is 0 Å². The minimum absolute atomic E-state index is 0.0684. The number of aromatic nitrogens is 4. The van der Waals surface area contributed by atoms with Crippen LogP contribution in [-0.4, -0.2) is 32.2 Å². The molecule has 0 bridgehead atoms. The summed E-state index contributed by atoms with van der Waals surface area (Å²) in [6.45, 7) is 1.80. The summed E-state index contributed by atoms with van der Waals surface area (Å²) in [5, 5.41) is 7.19. The lowest BCUT2D eigenvalue weighted by Crippen LogP contribution is -2.28. The Hall–Kier alpha value is -3.94. The number of benzene rings is 2. The number of carbonyl (C=O) groups excluding carboxylic acids is 1. The lowest BCUT2D eigenvalue weighted by molar-refractivity contribution is -0.115. The van der Waals surface area contributed by atoms with Gasteiger partial charge in [-0.1, -0.05) is 30.3 Å². The number of hydrogen-bond acceptors (Lipinski definition) is 5. The number of aryl methyl sites for hydroxylation is 1. The number of nitrogens with zero attached hydrogens (tertiary/aromatic N) is 4. The van der Waals surface area contributed by atoms with Gasteiger partial charge in [-0.3, -0.25) is 9.59 Å². The number of ether oxygens (including phenoxy) is 1.